The van der Waals surface area contributed by atoms with Crippen molar-refractivity contribution < 1.29 is 14.7 Å². The molecule has 0 aliphatic rings. The Balaban J connectivity index is 2.51. The van der Waals surface area contributed by atoms with Crippen molar-refractivity contribution in [3.8, 4) is 5.75 Å². The second-order valence-electron chi connectivity index (χ2n) is 2.60. The molecule has 3 N–H and O–H groups in total. The first-order valence-electron chi connectivity index (χ1n) is 3.98. The predicted octanol–water partition coefficient (Wildman–Crippen LogP) is 0.0767. The molecule has 1 rings (SSSR count). The molecule has 74 valence electrons. The zero-order chi connectivity index (χ0) is 10.4. The highest BCUT2D eigenvalue weighted by molar-refractivity contribution is 5.93. The number of hydrogen-bond donors (Lipinski definition) is 3. The summed E-state index contributed by atoms with van der Waals surface area (Å²) in [5, 5.41) is 13.8. The van der Waals surface area contributed by atoms with Gasteiger partial charge in [0.2, 0.25) is 12.3 Å². The van der Waals surface area contributed by atoms with E-state index in [1.165, 1.54) is 12.1 Å². The molecular weight excluding hydrogens is 184 g/mol. The fourth-order valence-corrected chi connectivity index (χ4v) is 0.923. The number of carbonyl (C=O) groups is 2. The quantitative estimate of drug-likeness (QED) is 0.594. The highest BCUT2D eigenvalue weighted by atomic mass is 16.3. The van der Waals surface area contributed by atoms with Crippen LogP contribution < -0.4 is 10.6 Å². The lowest BCUT2D eigenvalue weighted by Crippen LogP contribution is -2.26. The van der Waals surface area contributed by atoms with Gasteiger partial charge in [-0.15, -0.1) is 0 Å². The Morgan fingerprint density at radius 1 is 1.50 bits per heavy atom. The maximum atomic E-state index is 11.1. The summed E-state index contributed by atoms with van der Waals surface area (Å²) < 4.78 is 0. The largest absolute Gasteiger partial charge is 0.508 e. The number of anilines is 1. The third-order valence-corrected chi connectivity index (χ3v) is 1.48. The van der Waals surface area contributed by atoms with Gasteiger partial charge in [-0.2, -0.15) is 0 Å². The smallest absolute Gasteiger partial charge is 0.243 e. The molecule has 0 heterocycles. The van der Waals surface area contributed by atoms with E-state index in [9.17, 15) is 9.59 Å². The van der Waals surface area contributed by atoms with Crippen molar-refractivity contribution in [2.24, 2.45) is 0 Å². The molecule has 5 nitrogen and oxygen atoms in total. The molecule has 14 heavy (non-hydrogen) atoms. The van der Waals surface area contributed by atoms with Crippen LogP contribution in [0.1, 0.15) is 0 Å². The molecule has 0 aromatic heterocycles. The summed E-state index contributed by atoms with van der Waals surface area (Å²) in [7, 11) is 0. The zero-order valence-electron chi connectivity index (χ0n) is 7.36. The lowest BCUT2D eigenvalue weighted by Gasteiger charge is -2.04. The molecule has 2 amide bonds. The Bertz CT molecular complexity index is 339. The lowest BCUT2D eigenvalue weighted by atomic mass is 10.3. The van der Waals surface area contributed by atoms with Crippen molar-refractivity contribution in [2.45, 2.75) is 0 Å². The Hall–Kier alpha value is -2.04. The van der Waals surface area contributed by atoms with E-state index in [-0.39, 0.29) is 18.2 Å². The van der Waals surface area contributed by atoms with Gasteiger partial charge >= 0.3 is 0 Å². The molecule has 0 aliphatic heterocycles. The highest BCUT2D eigenvalue weighted by Crippen LogP contribution is 2.14. The fourth-order valence-electron chi connectivity index (χ4n) is 0.923. The summed E-state index contributed by atoms with van der Waals surface area (Å²) in [6.45, 7) is -0.0842. The summed E-state index contributed by atoms with van der Waals surface area (Å²) >= 11 is 0. The Labute approximate surface area is 80.7 Å². The number of phenols is 1. The minimum atomic E-state index is -0.345. The van der Waals surface area contributed by atoms with Gasteiger partial charge < -0.3 is 15.7 Å². The first kappa shape index (κ1) is 10.0. The first-order chi connectivity index (χ1) is 6.72. The van der Waals surface area contributed by atoms with Crippen LogP contribution >= 0.6 is 0 Å². The second-order valence-corrected chi connectivity index (χ2v) is 2.60. The third-order valence-electron chi connectivity index (χ3n) is 1.48. The summed E-state index contributed by atoms with van der Waals surface area (Å²) in [6, 6.07) is 6.16. The molecule has 0 aliphatic carbocycles. The molecule has 1 aromatic carbocycles. The van der Waals surface area contributed by atoms with Gasteiger partial charge in [-0.1, -0.05) is 6.07 Å². The van der Waals surface area contributed by atoms with Crippen molar-refractivity contribution in [1.82, 2.24) is 5.32 Å². The molecule has 0 spiro atoms. The van der Waals surface area contributed by atoms with E-state index >= 15 is 0 Å². The molecule has 0 bridgehead atoms. The van der Waals surface area contributed by atoms with E-state index in [4.69, 9.17) is 5.11 Å². The highest BCUT2D eigenvalue weighted by Gasteiger charge is 2.00. The molecule has 0 saturated carbocycles. The third kappa shape index (κ3) is 3.14. The van der Waals surface area contributed by atoms with Crippen molar-refractivity contribution in [3.05, 3.63) is 24.3 Å². The van der Waals surface area contributed by atoms with Crippen LogP contribution in [0, 0.1) is 0 Å². The van der Waals surface area contributed by atoms with E-state index in [0.717, 1.165) is 0 Å². The molecule has 0 radical (unpaired) electrons. The summed E-state index contributed by atoms with van der Waals surface area (Å²) in [5.41, 5.74) is 0.489. The monoisotopic (exact) mass is 194 g/mol. The van der Waals surface area contributed by atoms with Gasteiger partial charge in [-0.05, 0) is 12.1 Å². The zero-order valence-corrected chi connectivity index (χ0v) is 7.36. The normalized spacial score (nSPS) is 9.14. The molecule has 0 atom stereocenters. The van der Waals surface area contributed by atoms with Crippen molar-refractivity contribution in [2.75, 3.05) is 11.9 Å². The van der Waals surface area contributed by atoms with Gasteiger partial charge in [0.15, 0.2) is 0 Å². The summed E-state index contributed by atoms with van der Waals surface area (Å²) in [5.74, 6) is -0.270. The Morgan fingerprint density at radius 3 is 2.93 bits per heavy atom. The standard InChI is InChI=1S/C9H10N2O3/c12-6-10-5-9(14)11-7-2-1-3-8(13)4-7/h1-4,6,13H,5H2,(H,10,12)(H,11,14). The van der Waals surface area contributed by atoms with E-state index in [2.05, 4.69) is 10.6 Å². The number of amides is 2. The van der Waals surface area contributed by atoms with Crippen LogP contribution in [0.5, 0.6) is 5.75 Å². The van der Waals surface area contributed by atoms with Crippen LogP contribution in [0.15, 0.2) is 24.3 Å². The molecule has 0 unspecified atom stereocenters. The fraction of sp³-hybridized carbons (Fsp3) is 0.111. The van der Waals surface area contributed by atoms with Crippen LogP contribution in [0.3, 0.4) is 0 Å². The van der Waals surface area contributed by atoms with Gasteiger partial charge in [-0.3, -0.25) is 9.59 Å². The molecule has 5 heteroatoms. The number of hydrogen-bond acceptors (Lipinski definition) is 3. The molecule has 0 fully saturated rings. The topological polar surface area (TPSA) is 78.4 Å². The average Bonchev–Trinajstić information content (AvgIpc) is 2.15. The van der Waals surface area contributed by atoms with Crippen LogP contribution in [-0.4, -0.2) is 24.0 Å². The number of benzene rings is 1. The van der Waals surface area contributed by atoms with E-state index in [1.807, 2.05) is 0 Å². The number of nitrogens with one attached hydrogen (secondary N) is 2. The van der Waals surface area contributed by atoms with Gasteiger partial charge in [-0.25, -0.2) is 0 Å². The Morgan fingerprint density at radius 2 is 2.29 bits per heavy atom. The van der Waals surface area contributed by atoms with E-state index in [0.29, 0.717) is 12.1 Å². The molecule has 1 aromatic rings. The van der Waals surface area contributed by atoms with Gasteiger partial charge in [0.05, 0.1) is 6.54 Å². The summed E-state index contributed by atoms with van der Waals surface area (Å²) in [4.78, 5) is 21.0. The predicted molar refractivity (Wildman–Crippen MR) is 50.8 cm³/mol. The van der Waals surface area contributed by atoms with Crippen LogP contribution in [0.2, 0.25) is 0 Å². The van der Waals surface area contributed by atoms with Crippen LogP contribution in [-0.2, 0) is 9.59 Å². The maximum Gasteiger partial charge on any atom is 0.243 e. The number of aromatic hydroxyl groups is 1. The SMILES string of the molecule is O=CNCC(=O)Nc1cccc(O)c1. The van der Waals surface area contributed by atoms with Gasteiger partial charge in [0.1, 0.15) is 5.75 Å². The number of carbonyl (C=O) groups excluding carboxylic acids is 2. The number of rotatable bonds is 4. The second kappa shape index (κ2) is 4.86. The number of phenolic OH excluding ortho intramolecular Hbond substituents is 1. The van der Waals surface area contributed by atoms with E-state index in [1.54, 1.807) is 12.1 Å². The summed E-state index contributed by atoms with van der Waals surface area (Å²) in [6.07, 6.45) is 0.446. The minimum Gasteiger partial charge on any atom is -0.508 e. The van der Waals surface area contributed by atoms with Gasteiger partial charge in [0, 0.05) is 11.8 Å². The Kier molecular flexibility index (Phi) is 3.49. The van der Waals surface area contributed by atoms with Crippen LogP contribution in [0.25, 0.3) is 0 Å². The van der Waals surface area contributed by atoms with E-state index < -0.39 is 0 Å². The van der Waals surface area contributed by atoms with Crippen LogP contribution in [0.4, 0.5) is 5.69 Å². The maximum absolute atomic E-state index is 11.1. The lowest BCUT2D eigenvalue weighted by molar-refractivity contribution is -0.118. The molecule has 0 saturated heterocycles. The van der Waals surface area contributed by atoms with Crippen molar-refractivity contribution >= 4 is 18.0 Å². The average molecular weight is 194 g/mol. The van der Waals surface area contributed by atoms with Gasteiger partial charge in [0.25, 0.3) is 0 Å². The first-order valence-corrected chi connectivity index (χ1v) is 3.98. The minimum absolute atomic E-state index is 0.0751. The van der Waals surface area contributed by atoms with Crippen molar-refractivity contribution in [3.63, 3.8) is 0 Å². The van der Waals surface area contributed by atoms with Crippen molar-refractivity contribution in [1.29, 1.82) is 0 Å². The molecular formula is C9H10N2O3.